The van der Waals surface area contributed by atoms with E-state index in [1.54, 1.807) is 12.1 Å². The fourth-order valence-electron chi connectivity index (χ4n) is 1.79. The molecule has 0 saturated heterocycles. The van der Waals surface area contributed by atoms with E-state index in [0.717, 1.165) is 23.4 Å². The normalized spacial score (nSPS) is 10.1. The van der Waals surface area contributed by atoms with Crippen LogP contribution in [0.15, 0.2) is 48.5 Å². The van der Waals surface area contributed by atoms with Gasteiger partial charge in [-0.2, -0.15) is 0 Å². The Morgan fingerprint density at radius 1 is 1.00 bits per heavy atom. The third-order valence-electron chi connectivity index (χ3n) is 2.73. The highest BCUT2D eigenvalue weighted by Gasteiger charge is 2.03. The number of hydrogen-bond acceptors (Lipinski definition) is 2. The minimum Gasteiger partial charge on any atom is -0.478 e. The zero-order chi connectivity index (χ0) is 13.0. The Hall–Kier alpha value is -2.29. The summed E-state index contributed by atoms with van der Waals surface area (Å²) >= 11 is 0. The van der Waals surface area contributed by atoms with Gasteiger partial charge in [-0.05, 0) is 42.3 Å². The average molecular weight is 241 g/mol. The van der Waals surface area contributed by atoms with Crippen molar-refractivity contribution in [1.82, 2.24) is 0 Å². The van der Waals surface area contributed by atoms with Gasteiger partial charge in [0.2, 0.25) is 0 Å². The van der Waals surface area contributed by atoms with E-state index in [0.29, 0.717) is 5.56 Å². The van der Waals surface area contributed by atoms with Gasteiger partial charge in [-0.1, -0.05) is 24.3 Å². The summed E-state index contributed by atoms with van der Waals surface area (Å²) in [6.45, 7) is 2.95. The number of aromatic carboxylic acids is 1. The molecule has 0 spiro atoms. The summed E-state index contributed by atoms with van der Waals surface area (Å²) < 4.78 is 0. The van der Waals surface area contributed by atoms with Crippen molar-refractivity contribution in [3.05, 3.63) is 54.1 Å². The molecular weight excluding hydrogens is 226 g/mol. The van der Waals surface area contributed by atoms with E-state index in [-0.39, 0.29) is 0 Å². The monoisotopic (exact) mass is 241 g/mol. The molecule has 2 N–H and O–H groups in total. The Morgan fingerprint density at radius 2 is 1.50 bits per heavy atom. The summed E-state index contributed by atoms with van der Waals surface area (Å²) in [5.41, 5.74) is 3.49. The molecule has 0 saturated carbocycles. The van der Waals surface area contributed by atoms with Crippen LogP contribution >= 0.6 is 0 Å². The molecule has 0 amide bonds. The van der Waals surface area contributed by atoms with Crippen LogP contribution in [-0.2, 0) is 0 Å². The van der Waals surface area contributed by atoms with Crippen LogP contribution in [0.5, 0.6) is 0 Å². The van der Waals surface area contributed by atoms with Gasteiger partial charge in [0.25, 0.3) is 0 Å². The molecule has 2 rings (SSSR count). The third kappa shape index (κ3) is 2.69. The van der Waals surface area contributed by atoms with Gasteiger partial charge >= 0.3 is 5.97 Å². The minimum absolute atomic E-state index is 0.308. The van der Waals surface area contributed by atoms with E-state index in [1.807, 2.05) is 36.4 Å². The molecule has 0 bridgehead atoms. The van der Waals surface area contributed by atoms with E-state index < -0.39 is 5.97 Å². The lowest BCUT2D eigenvalue weighted by atomic mass is 10.0. The Balaban J connectivity index is 2.23. The first-order valence-electron chi connectivity index (χ1n) is 5.88. The highest BCUT2D eigenvalue weighted by Crippen LogP contribution is 2.21. The Kier molecular flexibility index (Phi) is 3.63. The standard InChI is InChI=1S/C15H15NO2/c1-2-16-14-9-7-12(8-10-14)11-3-5-13(6-4-11)15(17)18/h3-10,16H,2H2,1H3,(H,17,18). The van der Waals surface area contributed by atoms with Crippen LogP contribution in [0.1, 0.15) is 17.3 Å². The average Bonchev–Trinajstić information content (AvgIpc) is 2.40. The minimum atomic E-state index is -0.899. The van der Waals surface area contributed by atoms with Gasteiger partial charge in [0.1, 0.15) is 0 Å². The fraction of sp³-hybridized carbons (Fsp3) is 0.133. The second-order valence-corrected chi connectivity index (χ2v) is 3.99. The molecule has 0 radical (unpaired) electrons. The summed E-state index contributed by atoms with van der Waals surface area (Å²) in [5, 5.41) is 12.1. The maximum Gasteiger partial charge on any atom is 0.335 e. The predicted molar refractivity (Wildman–Crippen MR) is 73.0 cm³/mol. The van der Waals surface area contributed by atoms with E-state index in [1.165, 1.54) is 0 Å². The fourth-order valence-corrected chi connectivity index (χ4v) is 1.79. The van der Waals surface area contributed by atoms with Crippen molar-refractivity contribution in [1.29, 1.82) is 0 Å². The Bertz CT molecular complexity index is 529. The molecule has 3 heteroatoms. The molecule has 18 heavy (non-hydrogen) atoms. The largest absolute Gasteiger partial charge is 0.478 e. The molecule has 0 atom stereocenters. The number of nitrogens with one attached hydrogen (secondary N) is 1. The van der Waals surface area contributed by atoms with Gasteiger partial charge in [0.05, 0.1) is 5.56 Å². The van der Waals surface area contributed by atoms with E-state index >= 15 is 0 Å². The predicted octanol–water partition coefficient (Wildman–Crippen LogP) is 3.48. The van der Waals surface area contributed by atoms with Crippen LogP contribution in [0.25, 0.3) is 11.1 Å². The zero-order valence-electron chi connectivity index (χ0n) is 10.2. The van der Waals surface area contributed by atoms with Gasteiger partial charge in [-0.3, -0.25) is 0 Å². The summed E-state index contributed by atoms with van der Waals surface area (Å²) in [7, 11) is 0. The first-order chi connectivity index (χ1) is 8.70. The van der Waals surface area contributed by atoms with Gasteiger partial charge in [0, 0.05) is 12.2 Å². The summed E-state index contributed by atoms with van der Waals surface area (Å²) in [5.74, 6) is -0.899. The van der Waals surface area contributed by atoms with Crippen LogP contribution in [0, 0.1) is 0 Å². The van der Waals surface area contributed by atoms with Crippen molar-refractivity contribution in [2.75, 3.05) is 11.9 Å². The molecule has 2 aromatic carbocycles. The van der Waals surface area contributed by atoms with Crippen molar-refractivity contribution in [3.8, 4) is 11.1 Å². The van der Waals surface area contributed by atoms with Crippen molar-refractivity contribution in [3.63, 3.8) is 0 Å². The highest BCUT2D eigenvalue weighted by atomic mass is 16.4. The molecule has 0 aromatic heterocycles. The van der Waals surface area contributed by atoms with E-state index in [4.69, 9.17) is 5.11 Å². The second-order valence-electron chi connectivity index (χ2n) is 3.99. The van der Waals surface area contributed by atoms with Crippen LogP contribution in [0.4, 0.5) is 5.69 Å². The molecule has 0 aliphatic carbocycles. The van der Waals surface area contributed by atoms with Crippen LogP contribution in [0.2, 0.25) is 0 Å². The molecule has 0 aliphatic rings. The quantitative estimate of drug-likeness (QED) is 0.861. The molecule has 0 unspecified atom stereocenters. The first-order valence-corrected chi connectivity index (χ1v) is 5.88. The first kappa shape index (κ1) is 12.2. The number of rotatable bonds is 4. The molecule has 0 fully saturated rings. The topological polar surface area (TPSA) is 49.3 Å². The number of carboxylic acids is 1. The summed E-state index contributed by atoms with van der Waals surface area (Å²) in [6, 6.07) is 15.0. The molecule has 92 valence electrons. The molecule has 0 aliphatic heterocycles. The highest BCUT2D eigenvalue weighted by molar-refractivity contribution is 5.88. The number of benzene rings is 2. The Morgan fingerprint density at radius 3 is 1.94 bits per heavy atom. The molecule has 0 heterocycles. The zero-order valence-corrected chi connectivity index (χ0v) is 10.2. The van der Waals surface area contributed by atoms with Gasteiger partial charge in [-0.25, -0.2) is 4.79 Å². The van der Waals surface area contributed by atoms with Gasteiger partial charge < -0.3 is 10.4 Å². The van der Waals surface area contributed by atoms with Crippen molar-refractivity contribution in [2.24, 2.45) is 0 Å². The van der Waals surface area contributed by atoms with E-state index in [9.17, 15) is 4.79 Å². The molecule has 3 nitrogen and oxygen atoms in total. The lowest BCUT2D eigenvalue weighted by molar-refractivity contribution is 0.0697. The number of anilines is 1. The van der Waals surface area contributed by atoms with Crippen LogP contribution < -0.4 is 5.32 Å². The summed E-state index contributed by atoms with van der Waals surface area (Å²) in [4.78, 5) is 10.8. The Labute approximate surface area is 106 Å². The SMILES string of the molecule is CCNc1ccc(-c2ccc(C(=O)O)cc2)cc1. The number of carboxylic acid groups (broad SMARTS) is 1. The molecule has 2 aromatic rings. The molecular formula is C15H15NO2. The maximum atomic E-state index is 10.8. The maximum absolute atomic E-state index is 10.8. The third-order valence-corrected chi connectivity index (χ3v) is 2.73. The summed E-state index contributed by atoms with van der Waals surface area (Å²) in [6.07, 6.45) is 0. The van der Waals surface area contributed by atoms with Crippen LogP contribution in [-0.4, -0.2) is 17.6 Å². The van der Waals surface area contributed by atoms with Crippen molar-refractivity contribution in [2.45, 2.75) is 6.92 Å². The number of carbonyl (C=O) groups is 1. The lowest BCUT2D eigenvalue weighted by Gasteiger charge is -2.05. The van der Waals surface area contributed by atoms with Gasteiger partial charge in [0.15, 0.2) is 0 Å². The van der Waals surface area contributed by atoms with Crippen molar-refractivity contribution < 1.29 is 9.90 Å². The van der Waals surface area contributed by atoms with Gasteiger partial charge in [-0.15, -0.1) is 0 Å². The van der Waals surface area contributed by atoms with E-state index in [2.05, 4.69) is 12.2 Å². The van der Waals surface area contributed by atoms with Crippen molar-refractivity contribution >= 4 is 11.7 Å². The van der Waals surface area contributed by atoms with Crippen LogP contribution in [0.3, 0.4) is 0 Å². The second kappa shape index (κ2) is 5.36. The number of hydrogen-bond donors (Lipinski definition) is 2. The smallest absolute Gasteiger partial charge is 0.335 e. The lowest BCUT2D eigenvalue weighted by Crippen LogP contribution is -1.96.